The van der Waals surface area contributed by atoms with E-state index in [4.69, 9.17) is 5.11 Å². The third kappa shape index (κ3) is 8.20. The summed E-state index contributed by atoms with van der Waals surface area (Å²) in [4.78, 5) is 10.5. The van der Waals surface area contributed by atoms with Crippen molar-refractivity contribution in [2.75, 3.05) is 0 Å². The summed E-state index contributed by atoms with van der Waals surface area (Å²) < 4.78 is 0. The van der Waals surface area contributed by atoms with Crippen LogP contribution in [0.25, 0.3) is 0 Å². The second-order valence-corrected chi connectivity index (χ2v) is 7.15. The third-order valence-corrected chi connectivity index (χ3v) is 5.15. The molecule has 1 N–H and O–H groups in total. The Morgan fingerprint density at radius 2 is 1.84 bits per heavy atom. The molecular weight excluding hydrogens is 308 g/mol. The number of carbonyl (C=O) groups is 1. The van der Waals surface area contributed by atoms with Crippen LogP contribution < -0.4 is 0 Å². The molecule has 0 spiro atoms. The zero-order valence-electron chi connectivity index (χ0n) is 15.3. The number of aliphatic carboxylic acids is 1. The van der Waals surface area contributed by atoms with Gasteiger partial charge in [-0.15, -0.1) is 0 Å². The van der Waals surface area contributed by atoms with E-state index in [1.165, 1.54) is 44.1 Å². The molecule has 2 rings (SSSR count). The van der Waals surface area contributed by atoms with Gasteiger partial charge in [0.05, 0.1) is 0 Å². The van der Waals surface area contributed by atoms with Crippen LogP contribution in [0, 0.1) is 11.8 Å². The Balaban J connectivity index is 1.61. The van der Waals surface area contributed by atoms with E-state index in [-0.39, 0.29) is 6.42 Å². The van der Waals surface area contributed by atoms with Crippen LogP contribution >= 0.6 is 0 Å². The molecule has 0 heterocycles. The molecule has 1 saturated carbocycles. The quantitative estimate of drug-likeness (QED) is 0.385. The van der Waals surface area contributed by atoms with Gasteiger partial charge in [0.25, 0.3) is 0 Å². The van der Waals surface area contributed by atoms with Crippen LogP contribution in [0.4, 0.5) is 0 Å². The molecule has 25 heavy (non-hydrogen) atoms. The van der Waals surface area contributed by atoms with Gasteiger partial charge < -0.3 is 5.11 Å². The first-order valence-electron chi connectivity index (χ1n) is 9.83. The highest BCUT2D eigenvalue weighted by Gasteiger charge is 2.23. The standard InChI is InChI=1S/C23H32O2/c24-23(25)19-10-2-1-8-15-21-17-11-18-22(21)16-9-4-7-14-20-12-5-3-6-13-20/h1,3,5-6,8-9,12-13,16,21-22H,2,4,7,10-11,14-15,17-19H2,(H,24,25)/b8-1-,16-9+/t21-,22?/m0/s1. The zero-order valence-corrected chi connectivity index (χ0v) is 15.3. The van der Waals surface area contributed by atoms with Crippen molar-refractivity contribution >= 4 is 5.97 Å². The Kier molecular flexibility index (Phi) is 9.11. The van der Waals surface area contributed by atoms with Crippen LogP contribution in [-0.4, -0.2) is 11.1 Å². The van der Waals surface area contributed by atoms with Gasteiger partial charge in [-0.2, -0.15) is 0 Å². The van der Waals surface area contributed by atoms with E-state index in [2.05, 4.69) is 54.6 Å². The van der Waals surface area contributed by atoms with Gasteiger partial charge in [-0.1, -0.05) is 61.1 Å². The lowest BCUT2D eigenvalue weighted by Gasteiger charge is -2.14. The number of aryl methyl sites for hydroxylation is 1. The largest absolute Gasteiger partial charge is 0.481 e. The van der Waals surface area contributed by atoms with Crippen LogP contribution in [0.5, 0.6) is 0 Å². The fourth-order valence-corrected chi connectivity index (χ4v) is 3.71. The predicted molar refractivity (Wildman–Crippen MR) is 105 cm³/mol. The molecule has 1 aromatic rings. The topological polar surface area (TPSA) is 37.3 Å². The van der Waals surface area contributed by atoms with Crippen LogP contribution in [0.2, 0.25) is 0 Å². The first-order chi connectivity index (χ1) is 12.3. The molecule has 0 aliphatic heterocycles. The molecule has 136 valence electrons. The molecule has 2 atom stereocenters. The maximum atomic E-state index is 10.5. The molecule has 0 amide bonds. The monoisotopic (exact) mass is 340 g/mol. The zero-order chi connectivity index (χ0) is 17.7. The number of hydrogen-bond donors (Lipinski definition) is 1. The van der Waals surface area contributed by atoms with Crippen molar-refractivity contribution in [2.45, 2.75) is 64.2 Å². The Hall–Kier alpha value is -1.83. The molecule has 1 aliphatic rings. The van der Waals surface area contributed by atoms with Crippen LogP contribution in [0.3, 0.4) is 0 Å². The minimum Gasteiger partial charge on any atom is -0.481 e. The lowest BCUT2D eigenvalue weighted by molar-refractivity contribution is -0.137. The average Bonchev–Trinajstić information content (AvgIpc) is 3.06. The van der Waals surface area contributed by atoms with Crippen molar-refractivity contribution in [2.24, 2.45) is 11.8 Å². The SMILES string of the molecule is O=C(O)CCC/C=C\C[C@H]1CCCC1/C=C/CCCc1ccccc1. The van der Waals surface area contributed by atoms with E-state index in [1.807, 2.05) is 0 Å². The van der Waals surface area contributed by atoms with Crippen LogP contribution in [0.1, 0.15) is 63.4 Å². The Labute approximate surface area is 152 Å². The van der Waals surface area contributed by atoms with E-state index in [9.17, 15) is 4.79 Å². The molecule has 1 aliphatic carbocycles. The fraction of sp³-hybridized carbons (Fsp3) is 0.522. The number of benzene rings is 1. The van der Waals surface area contributed by atoms with Gasteiger partial charge in [-0.3, -0.25) is 4.79 Å². The van der Waals surface area contributed by atoms with Gasteiger partial charge in [0, 0.05) is 6.42 Å². The average molecular weight is 341 g/mol. The van der Waals surface area contributed by atoms with Gasteiger partial charge in [0.2, 0.25) is 0 Å². The number of carboxylic acid groups (broad SMARTS) is 1. The fourth-order valence-electron chi connectivity index (χ4n) is 3.71. The van der Waals surface area contributed by atoms with Gasteiger partial charge in [0.1, 0.15) is 0 Å². The summed E-state index contributed by atoms with van der Waals surface area (Å²) in [7, 11) is 0. The van der Waals surface area contributed by atoms with E-state index < -0.39 is 5.97 Å². The first-order valence-corrected chi connectivity index (χ1v) is 9.83. The van der Waals surface area contributed by atoms with E-state index in [1.54, 1.807) is 0 Å². The highest BCUT2D eigenvalue weighted by atomic mass is 16.4. The van der Waals surface area contributed by atoms with Gasteiger partial charge >= 0.3 is 5.97 Å². The number of carboxylic acids is 1. The molecular formula is C23H32O2. The molecule has 2 heteroatoms. The Morgan fingerprint density at radius 3 is 2.64 bits per heavy atom. The summed E-state index contributed by atoms with van der Waals surface area (Å²) in [5, 5.41) is 8.63. The molecule has 0 saturated heterocycles. The molecule has 1 fully saturated rings. The minimum absolute atomic E-state index is 0.280. The first kappa shape index (κ1) is 19.5. The number of allylic oxidation sites excluding steroid dienone is 4. The summed E-state index contributed by atoms with van der Waals surface area (Å²) in [6.07, 6.45) is 19.9. The van der Waals surface area contributed by atoms with Crippen LogP contribution in [-0.2, 0) is 11.2 Å². The molecule has 1 aromatic carbocycles. The summed E-state index contributed by atoms with van der Waals surface area (Å²) in [5.74, 6) is 0.822. The van der Waals surface area contributed by atoms with E-state index >= 15 is 0 Å². The number of unbranched alkanes of at least 4 members (excludes halogenated alkanes) is 2. The maximum absolute atomic E-state index is 10.5. The normalized spacial score (nSPS) is 20.6. The molecule has 0 bridgehead atoms. The predicted octanol–water partition coefficient (Wildman–Crippen LogP) is 6.18. The second kappa shape index (κ2) is 11.7. The Bertz CT molecular complexity index is 544. The lowest BCUT2D eigenvalue weighted by atomic mass is 9.92. The van der Waals surface area contributed by atoms with E-state index in [0.717, 1.165) is 31.1 Å². The molecule has 1 unspecified atom stereocenters. The van der Waals surface area contributed by atoms with E-state index in [0.29, 0.717) is 0 Å². The summed E-state index contributed by atoms with van der Waals surface area (Å²) in [5.41, 5.74) is 1.43. The minimum atomic E-state index is -0.693. The lowest BCUT2D eigenvalue weighted by Crippen LogP contribution is -2.03. The van der Waals surface area contributed by atoms with Crippen molar-refractivity contribution in [1.29, 1.82) is 0 Å². The number of rotatable bonds is 11. The highest BCUT2D eigenvalue weighted by Crippen LogP contribution is 2.35. The smallest absolute Gasteiger partial charge is 0.303 e. The van der Waals surface area contributed by atoms with Crippen molar-refractivity contribution in [3.8, 4) is 0 Å². The van der Waals surface area contributed by atoms with Gasteiger partial charge in [-0.05, 0) is 68.8 Å². The summed E-state index contributed by atoms with van der Waals surface area (Å²) in [6.45, 7) is 0. The van der Waals surface area contributed by atoms with Crippen molar-refractivity contribution in [3.63, 3.8) is 0 Å². The van der Waals surface area contributed by atoms with Gasteiger partial charge in [-0.25, -0.2) is 0 Å². The van der Waals surface area contributed by atoms with Gasteiger partial charge in [0.15, 0.2) is 0 Å². The van der Waals surface area contributed by atoms with Crippen molar-refractivity contribution < 1.29 is 9.90 Å². The molecule has 2 nitrogen and oxygen atoms in total. The number of hydrogen-bond acceptors (Lipinski definition) is 1. The summed E-state index contributed by atoms with van der Waals surface area (Å²) in [6, 6.07) is 10.7. The third-order valence-electron chi connectivity index (χ3n) is 5.15. The second-order valence-electron chi connectivity index (χ2n) is 7.15. The molecule has 0 aromatic heterocycles. The summed E-state index contributed by atoms with van der Waals surface area (Å²) >= 11 is 0. The Morgan fingerprint density at radius 1 is 1.04 bits per heavy atom. The molecule has 0 radical (unpaired) electrons. The van der Waals surface area contributed by atoms with Crippen molar-refractivity contribution in [1.82, 2.24) is 0 Å². The maximum Gasteiger partial charge on any atom is 0.303 e. The highest BCUT2D eigenvalue weighted by molar-refractivity contribution is 5.66. The van der Waals surface area contributed by atoms with Crippen molar-refractivity contribution in [3.05, 3.63) is 60.2 Å². The van der Waals surface area contributed by atoms with Crippen LogP contribution in [0.15, 0.2) is 54.6 Å².